The first kappa shape index (κ1) is 31.8. The van der Waals surface area contributed by atoms with E-state index in [9.17, 15) is 58.5 Å². The molecule has 0 bridgehead atoms. The number of phosphoric ester groups is 2. The lowest BCUT2D eigenvalue weighted by molar-refractivity contribution is -0.126. The first-order chi connectivity index (χ1) is 19.1. The second-order valence-electron chi connectivity index (χ2n) is 9.30. The Labute approximate surface area is 230 Å². The molecule has 0 aromatic heterocycles. The molecular weight excluding hydrogens is 606 g/mol. The van der Waals surface area contributed by atoms with E-state index in [1.54, 1.807) is 0 Å². The van der Waals surface area contributed by atoms with E-state index >= 15 is 0 Å². The van der Waals surface area contributed by atoms with Crippen molar-refractivity contribution in [2.24, 2.45) is 0 Å². The Bertz CT molecular complexity index is 1070. The van der Waals surface area contributed by atoms with Gasteiger partial charge in [0.05, 0.1) is 13.2 Å². The Balaban J connectivity index is 1.27. The van der Waals surface area contributed by atoms with Crippen molar-refractivity contribution >= 4 is 39.5 Å². The van der Waals surface area contributed by atoms with Gasteiger partial charge in [0.1, 0.15) is 36.6 Å². The molecule has 0 aromatic carbocycles. The number of carbonyl (C=O) groups excluding carboxylic acids is 4. The van der Waals surface area contributed by atoms with Gasteiger partial charge in [0.25, 0.3) is 0 Å². The summed E-state index contributed by atoms with van der Waals surface area (Å²) in [7, 11) is -10.8. The summed E-state index contributed by atoms with van der Waals surface area (Å²) >= 11 is 0. The van der Waals surface area contributed by atoms with E-state index in [-0.39, 0.29) is 25.9 Å². The third-order valence-electron chi connectivity index (χ3n) is 6.47. The van der Waals surface area contributed by atoms with Gasteiger partial charge in [0.15, 0.2) is 12.5 Å². The number of rotatable bonds is 10. The highest BCUT2D eigenvalue weighted by Gasteiger charge is 2.51. The van der Waals surface area contributed by atoms with Crippen LogP contribution in [0.3, 0.4) is 0 Å². The summed E-state index contributed by atoms with van der Waals surface area (Å²) in [6.45, 7) is -2.26. The van der Waals surface area contributed by atoms with Gasteiger partial charge in [-0.05, 0) is 0 Å². The number of imide groups is 2. The van der Waals surface area contributed by atoms with E-state index in [4.69, 9.17) is 9.47 Å². The van der Waals surface area contributed by atoms with Crippen LogP contribution in [0, 0.1) is 0 Å². The molecule has 0 aliphatic carbocycles. The molecule has 4 rings (SSSR count). The molecule has 4 fully saturated rings. The summed E-state index contributed by atoms with van der Waals surface area (Å²) < 4.78 is 48.5. The summed E-state index contributed by atoms with van der Waals surface area (Å²) in [5.41, 5.74) is 0. The molecule has 0 spiro atoms. The lowest BCUT2D eigenvalue weighted by atomic mass is 10.1. The van der Waals surface area contributed by atoms with Crippen molar-refractivity contribution in [1.82, 2.24) is 20.4 Å². The molecule has 4 saturated heterocycles. The molecule has 6 amide bonds. The average molecular weight is 634 g/mol. The van der Waals surface area contributed by atoms with E-state index in [0.29, 0.717) is 0 Å². The lowest BCUT2D eigenvalue weighted by Gasteiger charge is -2.32. The molecular formula is C18H28N4O17P2. The van der Waals surface area contributed by atoms with Gasteiger partial charge in [-0.15, -0.1) is 0 Å². The Morgan fingerprint density at radius 2 is 1.07 bits per heavy atom. The second-order valence-corrected chi connectivity index (χ2v) is 12.3. The van der Waals surface area contributed by atoms with E-state index in [1.807, 2.05) is 10.6 Å². The van der Waals surface area contributed by atoms with Crippen LogP contribution < -0.4 is 10.6 Å². The van der Waals surface area contributed by atoms with Crippen LogP contribution in [0.25, 0.3) is 0 Å². The molecule has 21 nitrogen and oxygen atoms in total. The van der Waals surface area contributed by atoms with Crippen LogP contribution in [0.1, 0.15) is 12.8 Å². The highest BCUT2D eigenvalue weighted by atomic mass is 31.3. The zero-order valence-electron chi connectivity index (χ0n) is 20.8. The monoisotopic (exact) mass is 634 g/mol. The molecule has 8 N–H and O–H groups in total. The van der Waals surface area contributed by atoms with Gasteiger partial charge in [0, 0.05) is 25.9 Å². The van der Waals surface area contributed by atoms with Crippen molar-refractivity contribution in [2.45, 2.75) is 61.9 Å². The SMILES string of the molecule is O=C1CCN([C@@H]2O[C@H](COP(=O)(O)OP(=O)(O)OC[C@H]3O[C@@H](N4CCC(=O)NC4=O)[C@H](O)[C@@H]3O)[C@@H](O)[C@H]2O)C(=O)N1. The number of amides is 6. The van der Waals surface area contributed by atoms with Crippen LogP contribution in [0.15, 0.2) is 0 Å². The van der Waals surface area contributed by atoms with Crippen LogP contribution in [0.5, 0.6) is 0 Å². The Kier molecular flexibility index (Phi) is 9.51. The fraction of sp³-hybridized carbons (Fsp3) is 0.778. The summed E-state index contributed by atoms with van der Waals surface area (Å²) in [4.78, 5) is 68.2. The molecule has 23 heteroatoms. The van der Waals surface area contributed by atoms with E-state index in [0.717, 1.165) is 9.80 Å². The summed E-state index contributed by atoms with van der Waals surface area (Å²) in [6.07, 6.45) is -13.1. The van der Waals surface area contributed by atoms with Crippen LogP contribution >= 0.6 is 15.6 Å². The third-order valence-corrected chi connectivity index (χ3v) is 9.07. The highest BCUT2D eigenvalue weighted by Crippen LogP contribution is 2.60. The molecule has 4 aliphatic heterocycles. The number of aliphatic hydroxyl groups excluding tert-OH is 4. The predicted molar refractivity (Wildman–Crippen MR) is 124 cm³/mol. The molecule has 0 radical (unpaired) electrons. The quantitative estimate of drug-likeness (QED) is 0.106. The second kappa shape index (κ2) is 12.3. The standard InChI is InChI=1S/C18H28N4O17P2/c23-9-1-3-21(17(29)19-9)15-13(27)11(25)7(37-15)5-35-40(31,32)39-41(33,34)36-6-8-12(26)14(28)16(38-8)22-4-2-10(24)20-18(22)30/h7-8,11-16,25-28H,1-6H2,(H,31,32)(H,33,34)(H,19,23,29)(H,20,24,30)/t7-,8-,11-,12-,13-,14-,15-,16-/m1/s1. The van der Waals surface area contributed by atoms with Crippen molar-refractivity contribution in [1.29, 1.82) is 0 Å². The van der Waals surface area contributed by atoms with Gasteiger partial charge in [0.2, 0.25) is 11.8 Å². The molecule has 10 atom stereocenters. The van der Waals surface area contributed by atoms with Crippen molar-refractivity contribution < 1.29 is 81.4 Å². The number of nitrogens with one attached hydrogen (secondary N) is 2. The fourth-order valence-corrected chi connectivity index (χ4v) is 6.49. The zero-order chi connectivity index (χ0) is 30.3. The van der Waals surface area contributed by atoms with Crippen molar-refractivity contribution in [3.63, 3.8) is 0 Å². The molecule has 4 aliphatic rings. The summed E-state index contributed by atoms with van der Waals surface area (Å²) in [5, 5.41) is 44.8. The van der Waals surface area contributed by atoms with Gasteiger partial charge in [-0.25, -0.2) is 18.7 Å². The first-order valence-electron chi connectivity index (χ1n) is 12.0. The van der Waals surface area contributed by atoms with Gasteiger partial charge in [-0.3, -0.25) is 39.1 Å². The van der Waals surface area contributed by atoms with E-state index < -0.39 is 102 Å². The van der Waals surface area contributed by atoms with Crippen LogP contribution in [0.4, 0.5) is 9.59 Å². The normalized spacial score (nSPS) is 37.5. The molecule has 41 heavy (non-hydrogen) atoms. The van der Waals surface area contributed by atoms with Gasteiger partial charge < -0.3 is 39.7 Å². The number of nitrogens with zero attached hydrogens (tertiary/aromatic N) is 2. The largest absolute Gasteiger partial charge is 0.481 e. The van der Waals surface area contributed by atoms with Gasteiger partial charge >= 0.3 is 27.7 Å². The smallest absolute Gasteiger partial charge is 0.387 e. The Morgan fingerprint density at radius 3 is 1.41 bits per heavy atom. The van der Waals surface area contributed by atoms with Crippen molar-refractivity contribution in [3.8, 4) is 0 Å². The zero-order valence-corrected chi connectivity index (χ0v) is 22.6. The molecule has 0 saturated carbocycles. The van der Waals surface area contributed by atoms with Gasteiger partial charge in [-0.1, -0.05) is 0 Å². The minimum atomic E-state index is -5.42. The number of aliphatic hydroxyl groups is 4. The summed E-state index contributed by atoms with van der Waals surface area (Å²) in [6, 6.07) is -1.81. The van der Waals surface area contributed by atoms with Crippen LogP contribution in [-0.4, -0.2) is 139 Å². The lowest BCUT2D eigenvalue weighted by Crippen LogP contribution is -2.56. The maximum atomic E-state index is 12.3. The predicted octanol–water partition coefficient (Wildman–Crippen LogP) is -3.99. The first-order valence-corrected chi connectivity index (χ1v) is 15.0. The number of hydrogen-bond donors (Lipinski definition) is 8. The minimum absolute atomic E-state index is 0.113. The number of ether oxygens (including phenoxy) is 2. The topological polar surface area (TPSA) is 300 Å². The van der Waals surface area contributed by atoms with Gasteiger partial charge in [-0.2, -0.15) is 4.31 Å². The number of phosphoric acid groups is 2. The number of hydrogen-bond acceptors (Lipinski definition) is 15. The number of carbonyl (C=O) groups is 4. The average Bonchev–Trinajstić information content (AvgIpc) is 3.31. The van der Waals surface area contributed by atoms with Crippen molar-refractivity contribution in [3.05, 3.63) is 0 Å². The molecule has 2 unspecified atom stereocenters. The molecule has 232 valence electrons. The molecule has 0 aromatic rings. The van der Waals surface area contributed by atoms with Crippen LogP contribution in [0.2, 0.25) is 0 Å². The number of urea groups is 2. The summed E-state index contributed by atoms with van der Waals surface area (Å²) in [5.74, 6) is -1.13. The van der Waals surface area contributed by atoms with E-state index in [1.165, 1.54) is 0 Å². The molecule has 4 heterocycles. The minimum Gasteiger partial charge on any atom is -0.387 e. The highest BCUT2D eigenvalue weighted by molar-refractivity contribution is 7.61. The fourth-order valence-electron chi connectivity index (χ4n) is 4.40. The Morgan fingerprint density at radius 1 is 0.707 bits per heavy atom. The maximum absolute atomic E-state index is 12.3. The Hall–Kier alpha value is -2.10. The van der Waals surface area contributed by atoms with Crippen LogP contribution in [-0.2, 0) is 41.6 Å². The van der Waals surface area contributed by atoms with Crippen molar-refractivity contribution in [2.75, 3.05) is 26.3 Å². The third kappa shape index (κ3) is 7.28. The van der Waals surface area contributed by atoms with E-state index in [2.05, 4.69) is 13.4 Å². The maximum Gasteiger partial charge on any atom is 0.481 e.